The van der Waals surface area contributed by atoms with Crippen LogP contribution in [0.1, 0.15) is 18.4 Å². The molecule has 0 radical (unpaired) electrons. The van der Waals surface area contributed by atoms with Crippen LogP contribution in [0.5, 0.6) is 5.75 Å². The zero-order valence-electron chi connectivity index (χ0n) is 11.4. The Morgan fingerprint density at radius 3 is 3.05 bits per heavy atom. The van der Waals surface area contributed by atoms with Crippen molar-refractivity contribution in [2.45, 2.75) is 12.8 Å². The minimum absolute atomic E-state index is 0.577. The van der Waals surface area contributed by atoms with Gasteiger partial charge < -0.3 is 14.5 Å². The largest absolute Gasteiger partial charge is 0.493 e. The quantitative estimate of drug-likeness (QED) is 0.629. The second kappa shape index (κ2) is 6.78. The molecule has 1 aliphatic heterocycles. The van der Waals surface area contributed by atoms with Gasteiger partial charge in [0.15, 0.2) is 0 Å². The summed E-state index contributed by atoms with van der Waals surface area (Å²) in [6, 6.07) is 5.60. The minimum Gasteiger partial charge on any atom is -0.493 e. The van der Waals surface area contributed by atoms with Crippen molar-refractivity contribution in [3.8, 4) is 5.75 Å². The maximum atomic E-state index is 6.04. The molecule has 1 aromatic carbocycles. The highest BCUT2D eigenvalue weighted by Gasteiger charge is 2.16. The molecule has 0 unspecified atom stereocenters. The fourth-order valence-corrected chi connectivity index (χ4v) is 2.02. The molecule has 0 N–H and O–H groups in total. The van der Waals surface area contributed by atoms with Gasteiger partial charge in [-0.1, -0.05) is 16.8 Å². The Bertz CT molecular complexity index is 461. The second-order valence-electron chi connectivity index (χ2n) is 4.77. The van der Waals surface area contributed by atoms with Gasteiger partial charge in [0.25, 0.3) is 0 Å². The lowest BCUT2D eigenvalue weighted by molar-refractivity contribution is 0.125. The van der Waals surface area contributed by atoms with E-state index in [9.17, 15) is 0 Å². The standard InChI is InChI=1S/C14H19ClN2O2/c1-17(2)7-9-19-16-13-4-3-8-18-14-6-5-11(15)10-12(13)14/h5-6,10H,3-4,7-9H2,1-2H3/b16-13+. The predicted molar refractivity (Wildman–Crippen MR) is 77.2 cm³/mol. The van der Waals surface area contributed by atoms with E-state index < -0.39 is 0 Å². The molecule has 0 aromatic heterocycles. The first-order valence-corrected chi connectivity index (χ1v) is 6.81. The monoisotopic (exact) mass is 282 g/mol. The average molecular weight is 283 g/mol. The molecule has 1 aromatic rings. The molecule has 0 saturated carbocycles. The van der Waals surface area contributed by atoms with Crippen LogP contribution < -0.4 is 4.74 Å². The maximum Gasteiger partial charge on any atom is 0.129 e. The van der Waals surface area contributed by atoms with Gasteiger partial charge in [0, 0.05) is 17.1 Å². The van der Waals surface area contributed by atoms with Crippen LogP contribution in [0.4, 0.5) is 0 Å². The van der Waals surface area contributed by atoms with Gasteiger partial charge in [0.2, 0.25) is 0 Å². The molecule has 19 heavy (non-hydrogen) atoms. The van der Waals surface area contributed by atoms with E-state index in [0.717, 1.165) is 36.4 Å². The lowest BCUT2D eigenvalue weighted by Crippen LogP contribution is -2.17. The number of likely N-dealkylation sites (N-methyl/N-ethyl adjacent to an activating group) is 1. The first kappa shape index (κ1) is 14.2. The highest BCUT2D eigenvalue weighted by atomic mass is 35.5. The molecule has 0 aliphatic carbocycles. The third-order valence-corrected chi connectivity index (χ3v) is 3.11. The fraction of sp³-hybridized carbons (Fsp3) is 0.500. The van der Waals surface area contributed by atoms with E-state index >= 15 is 0 Å². The van der Waals surface area contributed by atoms with Crippen LogP contribution in [0.15, 0.2) is 23.4 Å². The van der Waals surface area contributed by atoms with Gasteiger partial charge in [-0.2, -0.15) is 0 Å². The molecule has 0 atom stereocenters. The first-order valence-electron chi connectivity index (χ1n) is 6.43. The van der Waals surface area contributed by atoms with Crippen molar-refractivity contribution in [2.24, 2.45) is 5.16 Å². The maximum absolute atomic E-state index is 6.04. The second-order valence-corrected chi connectivity index (χ2v) is 5.20. The number of nitrogens with zero attached hydrogens (tertiary/aromatic N) is 2. The third-order valence-electron chi connectivity index (χ3n) is 2.87. The SMILES string of the molecule is CN(C)CCO/N=C1\CCCOc2ccc(Cl)cc21. The molecule has 0 fully saturated rings. The van der Waals surface area contributed by atoms with Crippen molar-refractivity contribution in [1.29, 1.82) is 0 Å². The van der Waals surface area contributed by atoms with Gasteiger partial charge in [0.1, 0.15) is 12.4 Å². The van der Waals surface area contributed by atoms with E-state index in [1.165, 1.54) is 0 Å². The highest BCUT2D eigenvalue weighted by molar-refractivity contribution is 6.31. The van der Waals surface area contributed by atoms with Gasteiger partial charge in [-0.3, -0.25) is 0 Å². The summed E-state index contributed by atoms with van der Waals surface area (Å²) in [5, 5.41) is 4.93. The van der Waals surface area contributed by atoms with Crippen molar-refractivity contribution in [1.82, 2.24) is 4.90 Å². The highest BCUT2D eigenvalue weighted by Crippen LogP contribution is 2.27. The molecule has 0 amide bonds. The molecule has 1 heterocycles. The van der Waals surface area contributed by atoms with Gasteiger partial charge in [-0.15, -0.1) is 0 Å². The van der Waals surface area contributed by atoms with E-state index in [-0.39, 0.29) is 0 Å². The number of halogens is 1. The number of benzene rings is 1. The summed E-state index contributed by atoms with van der Waals surface area (Å²) in [5.41, 5.74) is 1.85. The van der Waals surface area contributed by atoms with Crippen LogP contribution in [0.25, 0.3) is 0 Å². The third kappa shape index (κ3) is 4.11. The smallest absolute Gasteiger partial charge is 0.129 e. The Kier molecular flexibility index (Phi) is 5.05. The zero-order chi connectivity index (χ0) is 13.7. The number of hydrogen-bond acceptors (Lipinski definition) is 4. The molecule has 5 heteroatoms. The summed E-state index contributed by atoms with van der Waals surface area (Å²) in [5.74, 6) is 0.830. The summed E-state index contributed by atoms with van der Waals surface area (Å²) in [4.78, 5) is 7.44. The first-order chi connectivity index (χ1) is 9.16. The summed E-state index contributed by atoms with van der Waals surface area (Å²) < 4.78 is 5.67. The number of oxime groups is 1. The van der Waals surface area contributed by atoms with Crippen molar-refractivity contribution >= 4 is 17.3 Å². The van der Waals surface area contributed by atoms with Crippen molar-refractivity contribution in [2.75, 3.05) is 33.9 Å². The summed E-state index contributed by atoms with van der Waals surface area (Å²) >= 11 is 6.04. The average Bonchev–Trinajstić information content (AvgIpc) is 2.57. The molecule has 2 rings (SSSR count). The molecule has 0 saturated heterocycles. The Balaban J connectivity index is 2.12. The molecule has 0 bridgehead atoms. The van der Waals surface area contributed by atoms with E-state index in [0.29, 0.717) is 18.2 Å². The van der Waals surface area contributed by atoms with Crippen molar-refractivity contribution < 1.29 is 9.57 Å². The van der Waals surface area contributed by atoms with Crippen LogP contribution in [-0.4, -0.2) is 44.5 Å². The van der Waals surface area contributed by atoms with E-state index in [1.807, 2.05) is 32.3 Å². The van der Waals surface area contributed by atoms with Gasteiger partial charge in [0.05, 0.1) is 12.3 Å². The van der Waals surface area contributed by atoms with E-state index in [1.54, 1.807) is 0 Å². The molecule has 0 spiro atoms. The topological polar surface area (TPSA) is 34.1 Å². The van der Waals surface area contributed by atoms with E-state index in [2.05, 4.69) is 10.1 Å². The number of fused-ring (bicyclic) bond motifs is 1. The Hall–Kier alpha value is -1.26. The predicted octanol–water partition coefficient (Wildman–Crippen LogP) is 2.79. The lowest BCUT2D eigenvalue weighted by Gasteiger charge is -2.10. The minimum atomic E-state index is 0.577. The summed E-state index contributed by atoms with van der Waals surface area (Å²) in [6.45, 7) is 2.12. The van der Waals surface area contributed by atoms with E-state index in [4.69, 9.17) is 21.2 Å². The normalized spacial score (nSPS) is 16.9. The number of hydrogen-bond donors (Lipinski definition) is 0. The molecule has 1 aliphatic rings. The van der Waals surface area contributed by atoms with Crippen LogP contribution in [0, 0.1) is 0 Å². The Morgan fingerprint density at radius 1 is 1.42 bits per heavy atom. The van der Waals surface area contributed by atoms with Crippen LogP contribution in [0.2, 0.25) is 5.02 Å². The summed E-state index contributed by atoms with van der Waals surface area (Å²) in [6.07, 6.45) is 1.78. The molecule has 4 nitrogen and oxygen atoms in total. The number of ether oxygens (including phenoxy) is 1. The summed E-state index contributed by atoms with van der Waals surface area (Å²) in [7, 11) is 4.01. The van der Waals surface area contributed by atoms with Crippen molar-refractivity contribution in [3.05, 3.63) is 28.8 Å². The van der Waals surface area contributed by atoms with Gasteiger partial charge >= 0.3 is 0 Å². The lowest BCUT2D eigenvalue weighted by atomic mass is 10.1. The Labute approximate surface area is 118 Å². The van der Waals surface area contributed by atoms with Crippen LogP contribution >= 0.6 is 11.6 Å². The zero-order valence-corrected chi connectivity index (χ0v) is 12.1. The van der Waals surface area contributed by atoms with Gasteiger partial charge in [-0.25, -0.2) is 0 Å². The fourth-order valence-electron chi connectivity index (χ4n) is 1.85. The van der Waals surface area contributed by atoms with Crippen molar-refractivity contribution in [3.63, 3.8) is 0 Å². The molecular formula is C14H19ClN2O2. The van der Waals surface area contributed by atoms with Crippen LogP contribution in [-0.2, 0) is 4.84 Å². The Morgan fingerprint density at radius 2 is 2.26 bits per heavy atom. The number of rotatable bonds is 4. The molecular weight excluding hydrogens is 264 g/mol. The van der Waals surface area contributed by atoms with Crippen LogP contribution in [0.3, 0.4) is 0 Å². The molecule has 104 valence electrons. The van der Waals surface area contributed by atoms with Gasteiger partial charge in [-0.05, 0) is 45.1 Å².